The predicted molar refractivity (Wildman–Crippen MR) is 48.5 cm³/mol. The van der Waals surface area contributed by atoms with E-state index in [0.29, 0.717) is 0 Å². The van der Waals surface area contributed by atoms with Crippen LogP contribution in [0.4, 0.5) is 4.39 Å². The van der Waals surface area contributed by atoms with Gasteiger partial charge in [-0.2, -0.15) is 0 Å². The molecule has 1 heteroatoms. The van der Waals surface area contributed by atoms with Gasteiger partial charge < -0.3 is 0 Å². The summed E-state index contributed by atoms with van der Waals surface area (Å²) in [4.78, 5) is 0. The fraction of sp³-hybridized carbons (Fsp3) is 1.00. The summed E-state index contributed by atoms with van der Waals surface area (Å²) in [7, 11) is 0. The zero-order valence-corrected chi connectivity index (χ0v) is 7.91. The molecule has 0 bridgehead atoms. The van der Waals surface area contributed by atoms with E-state index in [1.54, 1.807) is 0 Å². The van der Waals surface area contributed by atoms with Crippen LogP contribution in [0.5, 0.6) is 0 Å². The van der Waals surface area contributed by atoms with E-state index in [1.807, 2.05) is 0 Å². The van der Waals surface area contributed by atoms with E-state index >= 15 is 0 Å². The first-order valence-corrected chi connectivity index (χ1v) is 4.91. The number of alkyl halides is 1. The summed E-state index contributed by atoms with van der Waals surface area (Å²) in [5.74, 6) is 0.853. The molecule has 0 radical (unpaired) electrons. The van der Waals surface area contributed by atoms with Gasteiger partial charge in [-0.05, 0) is 12.3 Å². The van der Waals surface area contributed by atoms with Gasteiger partial charge in [-0.1, -0.05) is 46.0 Å². The van der Waals surface area contributed by atoms with Crippen molar-refractivity contribution in [2.75, 3.05) is 6.67 Å². The first-order valence-electron chi connectivity index (χ1n) is 4.91. The Hall–Kier alpha value is -0.0700. The molecule has 0 fully saturated rings. The van der Waals surface area contributed by atoms with Gasteiger partial charge in [-0.25, -0.2) is 0 Å². The SMILES string of the molecule is CCC[C@H](CC)CCCCF. The lowest BCUT2D eigenvalue weighted by Gasteiger charge is -2.12. The highest BCUT2D eigenvalue weighted by Gasteiger charge is 2.03. The second-order valence-electron chi connectivity index (χ2n) is 3.25. The smallest absolute Gasteiger partial charge is 0.0894 e. The monoisotopic (exact) mass is 160 g/mol. The summed E-state index contributed by atoms with van der Waals surface area (Å²) in [5.41, 5.74) is 0. The van der Waals surface area contributed by atoms with Crippen molar-refractivity contribution in [3.8, 4) is 0 Å². The van der Waals surface area contributed by atoms with Crippen molar-refractivity contribution in [2.24, 2.45) is 5.92 Å². The molecule has 0 saturated heterocycles. The molecule has 0 aliphatic rings. The Labute approximate surface area is 70.2 Å². The van der Waals surface area contributed by atoms with Crippen LogP contribution in [0.15, 0.2) is 0 Å². The van der Waals surface area contributed by atoms with Gasteiger partial charge in [0.15, 0.2) is 0 Å². The molecule has 11 heavy (non-hydrogen) atoms. The zero-order valence-electron chi connectivity index (χ0n) is 7.91. The predicted octanol–water partition coefficient (Wildman–Crippen LogP) is 3.95. The lowest BCUT2D eigenvalue weighted by Crippen LogP contribution is -1.98. The van der Waals surface area contributed by atoms with Crippen molar-refractivity contribution in [3.63, 3.8) is 0 Å². The second kappa shape index (κ2) is 8.03. The van der Waals surface area contributed by atoms with Crippen LogP contribution in [-0.2, 0) is 0 Å². The minimum Gasteiger partial charge on any atom is -0.251 e. The van der Waals surface area contributed by atoms with Gasteiger partial charge in [-0.15, -0.1) is 0 Å². The number of unbranched alkanes of at least 4 members (excludes halogenated alkanes) is 1. The van der Waals surface area contributed by atoms with Gasteiger partial charge in [0.05, 0.1) is 6.67 Å². The Morgan fingerprint density at radius 2 is 1.82 bits per heavy atom. The highest BCUT2D eigenvalue weighted by molar-refractivity contribution is 4.56. The number of rotatable bonds is 7. The molecule has 0 heterocycles. The first kappa shape index (κ1) is 10.9. The van der Waals surface area contributed by atoms with Gasteiger partial charge in [0, 0.05) is 0 Å². The molecule has 0 aromatic rings. The van der Waals surface area contributed by atoms with Gasteiger partial charge in [0.1, 0.15) is 0 Å². The largest absolute Gasteiger partial charge is 0.251 e. The van der Waals surface area contributed by atoms with Crippen LogP contribution in [0.25, 0.3) is 0 Å². The topological polar surface area (TPSA) is 0 Å². The maximum Gasteiger partial charge on any atom is 0.0894 e. The third-order valence-electron chi connectivity index (χ3n) is 2.27. The van der Waals surface area contributed by atoms with Crippen molar-refractivity contribution in [2.45, 2.75) is 52.4 Å². The summed E-state index contributed by atoms with van der Waals surface area (Å²) in [6.45, 7) is 4.32. The third kappa shape index (κ3) is 6.33. The van der Waals surface area contributed by atoms with Crippen LogP contribution in [0.3, 0.4) is 0 Å². The summed E-state index contributed by atoms with van der Waals surface area (Å²) >= 11 is 0. The van der Waals surface area contributed by atoms with E-state index in [0.717, 1.165) is 18.8 Å². The van der Waals surface area contributed by atoms with Crippen LogP contribution >= 0.6 is 0 Å². The van der Waals surface area contributed by atoms with Gasteiger partial charge in [0.2, 0.25) is 0 Å². The Kier molecular flexibility index (Phi) is 7.98. The Morgan fingerprint density at radius 3 is 2.27 bits per heavy atom. The Balaban J connectivity index is 3.20. The van der Waals surface area contributed by atoms with Gasteiger partial charge in [-0.3, -0.25) is 4.39 Å². The highest BCUT2D eigenvalue weighted by Crippen LogP contribution is 2.17. The molecule has 0 aromatic heterocycles. The molecule has 0 amide bonds. The Morgan fingerprint density at radius 1 is 1.09 bits per heavy atom. The minimum absolute atomic E-state index is 0.136. The fourth-order valence-corrected chi connectivity index (χ4v) is 1.49. The molecular weight excluding hydrogens is 139 g/mol. The van der Waals surface area contributed by atoms with Crippen LogP contribution in [-0.4, -0.2) is 6.67 Å². The maximum absolute atomic E-state index is 11.7. The summed E-state index contributed by atoms with van der Waals surface area (Å²) in [5, 5.41) is 0. The molecule has 0 N–H and O–H groups in total. The lowest BCUT2D eigenvalue weighted by atomic mass is 9.95. The van der Waals surface area contributed by atoms with Crippen molar-refractivity contribution in [1.82, 2.24) is 0 Å². The molecule has 0 saturated carbocycles. The molecule has 0 aromatic carbocycles. The number of halogens is 1. The highest BCUT2D eigenvalue weighted by atomic mass is 19.1. The van der Waals surface area contributed by atoms with Crippen LogP contribution in [0.1, 0.15) is 52.4 Å². The van der Waals surface area contributed by atoms with E-state index in [9.17, 15) is 4.39 Å². The van der Waals surface area contributed by atoms with Gasteiger partial charge in [0.25, 0.3) is 0 Å². The normalized spacial score (nSPS) is 13.4. The molecule has 0 aliphatic carbocycles. The molecule has 1 atom stereocenters. The number of hydrogen-bond acceptors (Lipinski definition) is 0. The molecule has 68 valence electrons. The molecule has 0 aliphatic heterocycles. The van der Waals surface area contributed by atoms with Crippen molar-refractivity contribution in [3.05, 3.63) is 0 Å². The maximum atomic E-state index is 11.7. The quantitative estimate of drug-likeness (QED) is 0.495. The number of hydrogen-bond donors (Lipinski definition) is 0. The molecule has 0 spiro atoms. The van der Waals surface area contributed by atoms with Crippen LogP contribution in [0, 0.1) is 5.92 Å². The molecule has 0 unspecified atom stereocenters. The third-order valence-corrected chi connectivity index (χ3v) is 2.27. The molecular formula is C10H21F. The van der Waals surface area contributed by atoms with Crippen molar-refractivity contribution < 1.29 is 4.39 Å². The van der Waals surface area contributed by atoms with E-state index in [1.165, 1.54) is 25.7 Å². The van der Waals surface area contributed by atoms with E-state index in [2.05, 4.69) is 13.8 Å². The standard InChI is InChI=1S/C10H21F/c1-3-7-10(4-2)8-5-6-9-11/h10H,3-9H2,1-2H3/t10-/m0/s1. The zero-order chi connectivity index (χ0) is 8.53. The first-order chi connectivity index (χ1) is 5.35. The van der Waals surface area contributed by atoms with Crippen molar-refractivity contribution in [1.29, 1.82) is 0 Å². The van der Waals surface area contributed by atoms with Crippen molar-refractivity contribution >= 4 is 0 Å². The average Bonchev–Trinajstić information content (AvgIpc) is 2.03. The Bertz CT molecular complexity index is 71.3. The average molecular weight is 160 g/mol. The minimum atomic E-state index is -0.136. The lowest BCUT2D eigenvalue weighted by molar-refractivity contribution is 0.387. The van der Waals surface area contributed by atoms with Gasteiger partial charge >= 0.3 is 0 Å². The van der Waals surface area contributed by atoms with Crippen LogP contribution in [0.2, 0.25) is 0 Å². The van der Waals surface area contributed by atoms with E-state index in [4.69, 9.17) is 0 Å². The summed E-state index contributed by atoms with van der Waals surface area (Å²) in [6, 6.07) is 0. The summed E-state index contributed by atoms with van der Waals surface area (Å²) < 4.78 is 11.7. The molecule has 0 rings (SSSR count). The van der Waals surface area contributed by atoms with Crippen LogP contribution < -0.4 is 0 Å². The fourth-order valence-electron chi connectivity index (χ4n) is 1.49. The summed E-state index contributed by atoms with van der Waals surface area (Å²) in [6.07, 6.45) is 6.93. The second-order valence-corrected chi connectivity index (χ2v) is 3.25. The van der Waals surface area contributed by atoms with E-state index < -0.39 is 0 Å². The van der Waals surface area contributed by atoms with E-state index in [-0.39, 0.29) is 6.67 Å². The molecule has 0 nitrogen and oxygen atoms in total.